The summed E-state index contributed by atoms with van der Waals surface area (Å²) in [5.41, 5.74) is 0.698. The number of halogens is 1. The van der Waals surface area contributed by atoms with Crippen molar-refractivity contribution < 1.29 is 23.5 Å². The molecule has 42 heavy (non-hydrogen) atoms. The number of urea groups is 1. The predicted molar refractivity (Wildman–Crippen MR) is 157 cm³/mol. The van der Waals surface area contributed by atoms with E-state index >= 15 is 0 Å². The first-order valence-electron chi connectivity index (χ1n) is 15.4. The Balaban J connectivity index is 1.29. The fraction of sp³-hybridized carbons (Fsp3) is 0.656. The molecule has 1 aliphatic carbocycles. The first-order valence-corrected chi connectivity index (χ1v) is 15.4. The molecule has 1 aromatic carbocycles. The third kappa shape index (κ3) is 5.33. The first kappa shape index (κ1) is 28.8. The molecule has 3 amide bonds. The number of hydrogen-bond acceptors (Lipinski definition) is 5. The first-order chi connectivity index (χ1) is 19.8. The lowest BCUT2D eigenvalue weighted by Gasteiger charge is -2.46. The van der Waals surface area contributed by atoms with Crippen LogP contribution in [0.1, 0.15) is 90.6 Å². The third-order valence-electron chi connectivity index (χ3n) is 9.32. The molecule has 1 spiro atoms. The standard InChI is InChI=1S/C32H44FN5O4/c1-30(2,3)42-29(40)38-14-11-21(18-31(38,4)5)27-35-25-23-17-22(33)9-10-24(23)41-32(26(25)36(27)6)12-15-37(16-13-32)28(39)34-19-20-7-8-20/h9-10,17,20-21H,7-8,11-16,18-19H2,1-6H3,(H,34,39). The van der Waals surface area contributed by atoms with E-state index in [0.717, 1.165) is 36.6 Å². The molecule has 3 fully saturated rings. The molecule has 9 nitrogen and oxygen atoms in total. The van der Waals surface area contributed by atoms with E-state index in [1.54, 1.807) is 6.07 Å². The van der Waals surface area contributed by atoms with Gasteiger partial charge in [0, 0.05) is 63.1 Å². The van der Waals surface area contributed by atoms with Gasteiger partial charge in [-0.3, -0.25) is 0 Å². The number of ether oxygens (including phenoxy) is 2. The molecule has 6 rings (SSSR count). The highest BCUT2D eigenvalue weighted by Gasteiger charge is 2.49. The molecule has 10 heteroatoms. The number of likely N-dealkylation sites (tertiary alicyclic amines) is 2. The van der Waals surface area contributed by atoms with Crippen LogP contribution in [-0.2, 0) is 17.4 Å². The number of rotatable bonds is 3. The SMILES string of the molecule is Cn1c(C2CCN(C(=O)OC(C)(C)C)C(C)(C)C2)nc2c1C1(CCN(C(=O)NCC3CC3)CC1)Oc1ccc(F)cc1-2. The van der Waals surface area contributed by atoms with Gasteiger partial charge in [0.05, 0.1) is 11.4 Å². The number of imidazole rings is 1. The Morgan fingerprint density at radius 2 is 1.86 bits per heavy atom. The highest BCUT2D eigenvalue weighted by Crippen LogP contribution is 2.51. The number of aromatic nitrogens is 2. The molecular weight excluding hydrogens is 537 g/mol. The summed E-state index contributed by atoms with van der Waals surface area (Å²) in [5.74, 6) is 1.93. The number of carbonyl (C=O) groups excluding carboxylic acids is 2. The van der Waals surface area contributed by atoms with E-state index in [0.29, 0.717) is 49.7 Å². The average Bonchev–Trinajstić information content (AvgIpc) is 3.67. The van der Waals surface area contributed by atoms with Crippen LogP contribution in [0.3, 0.4) is 0 Å². The van der Waals surface area contributed by atoms with Crippen LogP contribution in [0.15, 0.2) is 18.2 Å². The van der Waals surface area contributed by atoms with Gasteiger partial charge < -0.3 is 29.2 Å². The zero-order valence-corrected chi connectivity index (χ0v) is 25.8. The number of fused-ring (bicyclic) bond motifs is 4. The summed E-state index contributed by atoms with van der Waals surface area (Å²) in [5, 5.41) is 3.09. The maximum Gasteiger partial charge on any atom is 0.410 e. The van der Waals surface area contributed by atoms with E-state index in [-0.39, 0.29) is 23.9 Å². The van der Waals surface area contributed by atoms with E-state index in [9.17, 15) is 14.0 Å². The number of piperidine rings is 2. The molecule has 1 aromatic heterocycles. The summed E-state index contributed by atoms with van der Waals surface area (Å²) in [6.07, 6.45) is 4.79. The average molecular weight is 582 g/mol. The van der Waals surface area contributed by atoms with Crippen LogP contribution < -0.4 is 10.1 Å². The smallest absolute Gasteiger partial charge is 0.410 e. The lowest BCUT2D eigenvalue weighted by atomic mass is 9.82. The molecule has 4 aliphatic rings. The summed E-state index contributed by atoms with van der Waals surface area (Å²) in [6.45, 7) is 12.2. The van der Waals surface area contributed by atoms with Gasteiger partial charge >= 0.3 is 12.1 Å². The van der Waals surface area contributed by atoms with Crippen LogP contribution in [-0.4, -0.2) is 68.8 Å². The van der Waals surface area contributed by atoms with Gasteiger partial charge in [-0.05, 0) is 84.4 Å². The minimum Gasteiger partial charge on any atom is -0.480 e. The number of amides is 3. The summed E-state index contributed by atoms with van der Waals surface area (Å²) < 4.78 is 29.1. The molecule has 2 saturated heterocycles. The number of benzene rings is 1. The molecule has 1 unspecified atom stereocenters. The molecule has 4 heterocycles. The van der Waals surface area contributed by atoms with Gasteiger partial charge in [-0.25, -0.2) is 19.0 Å². The Morgan fingerprint density at radius 1 is 1.14 bits per heavy atom. The molecule has 1 saturated carbocycles. The van der Waals surface area contributed by atoms with Crippen LogP contribution in [0.2, 0.25) is 0 Å². The van der Waals surface area contributed by atoms with Crippen LogP contribution in [0, 0.1) is 11.7 Å². The van der Waals surface area contributed by atoms with E-state index < -0.39 is 16.7 Å². The summed E-state index contributed by atoms with van der Waals surface area (Å²) in [6, 6.07) is 4.62. The molecular formula is C32H44FN5O4. The Morgan fingerprint density at radius 3 is 2.50 bits per heavy atom. The zero-order chi connectivity index (χ0) is 30.0. The fourth-order valence-corrected chi connectivity index (χ4v) is 6.98. The van der Waals surface area contributed by atoms with E-state index in [4.69, 9.17) is 14.5 Å². The lowest BCUT2D eigenvalue weighted by Crippen LogP contribution is -2.54. The molecule has 3 aliphatic heterocycles. The Kier molecular flexibility index (Phi) is 6.97. The lowest BCUT2D eigenvalue weighted by molar-refractivity contribution is -0.0101. The second kappa shape index (κ2) is 10.2. The van der Waals surface area contributed by atoms with Crippen molar-refractivity contribution in [1.82, 2.24) is 24.7 Å². The van der Waals surface area contributed by atoms with Crippen molar-refractivity contribution in [2.75, 3.05) is 26.2 Å². The number of nitrogens with zero attached hydrogens (tertiary/aromatic N) is 4. The highest BCUT2D eigenvalue weighted by atomic mass is 19.1. The van der Waals surface area contributed by atoms with Gasteiger partial charge in [-0.1, -0.05) is 0 Å². The molecule has 228 valence electrons. The second-order valence-corrected chi connectivity index (χ2v) is 14.2. The monoisotopic (exact) mass is 581 g/mol. The van der Waals surface area contributed by atoms with Gasteiger partial charge in [-0.2, -0.15) is 0 Å². The van der Waals surface area contributed by atoms with Crippen molar-refractivity contribution in [2.24, 2.45) is 13.0 Å². The summed E-state index contributed by atoms with van der Waals surface area (Å²) >= 11 is 0. The van der Waals surface area contributed by atoms with Crippen LogP contribution in [0.25, 0.3) is 11.3 Å². The van der Waals surface area contributed by atoms with E-state index in [2.05, 4.69) is 23.7 Å². The maximum absolute atomic E-state index is 14.5. The van der Waals surface area contributed by atoms with E-state index in [1.807, 2.05) is 37.6 Å². The predicted octanol–water partition coefficient (Wildman–Crippen LogP) is 5.92. The van der Waals surface area contributed by atoms with Crippen molar-refractivity contribution >= 4 is 12.1 Å². The quantitative estimate of drug-likeness (QED) is 0.486. The Hall–Kier alpha value is -3.30. The molecule has 0 bridgehead atoms. The summed E-state index contributed by atoms with van der Waals surface area (Å²) in [4.78, 5) is 34.8. The third-order valence-corrected chi connectivity index (χ3v) is 9.32. The van der Waals surface area contributed by atoms with Crippen molar-refractivity contribution in [3.63, 3.8) is 0 Å². The Labute approximate surface area is 247 Å². The second-order valence-electron chi connectivity index (χ2n) is 14.2. The van der Waals surface area contributed by atoms with Crippen molar-refractivity contribution in [3.05, 3.63) is 35.5 Å². The van der Waals surface area contributed by atoms with Gasteiger partial charge in [0.2, 0.25) is 0 Å². The van der Waals surface area contributed by atoms with Crippen LogP contribution >= 0.6 is 0 Å². The normalized spacial score (nSPS) is 22.7. The molecule has 0 radical (unpaired) electrons. The topological polar surface area (TPSA) is 88.9 Å². The molecule has 1 atom stereocenters. The number of nitrogens with one attached hydrogen (secondary N) is 1. The van der Waals surface area contributed by atoms with Gasteiger partial charge in [-0.15, -0.1) is 0 Å². The molecule has 1 N–H and O–H groups in total. The van der Waals surface area contributed by atoms with Gasteiger partial charge in [0.15, 0.2) is 5.60 Å². The van der Waals surface area contributed by atoms with E-state index in [1.165, 1.54) is 25.0 Å². The van der Waals surface area contributed by atoms with Crippen molar-refractivity contribution in [3.8, 4) is 17.0 Å². The van der Waals surface area contributed by atoms with Gasteiger partial charge in [0.1, 0.15) is 23.0 Å². The fourth-order valence-electron chi connectivity index (χ4n) is 6.98. The summed E-state index contributed by atoms with van der Waals surface area (Å²) in [7, 11) is 2.03. The minimum absolute atomic E-state index is 0.0140. The van der Waals surface area contributed by atoms with Crippen molar-refractivity contribution in [1.29, 1.82) is 0 Å². The molecule has 2 aromatic rings. The number of hydrogen-bond donors (Lipinski definition) is 1. The minimum atomic E-state index is -0.666. The zero-order valence-electron chi connectivity index (χ0n) is 25.8. The number of carbonyl (C=O) groups is 2. The van der Waals surface area contributed by atoms with Crippen molar-refractivity contribution in [2.45, 2.75) is 95.8 Å². The Bertz CT molecular complexity index is 1380. The van der Waals surface area contributed by atoms with Crippen LogP contribution in [0.4, 0.5) is 14.0 Å². The largest absolute Gasteiger partial charge is 0.480 e. The van der Waals surface area contributed by atoms with Gasteiger partial charge in [0.25, 0.3) is 0 Å². The maximum atomic E-state index is 14.5. The van der Waals surface area contributed by atoms with Crippen LogP contribution in [0.5, 0.6) is 5.75 Å². The highest BCUT2D eigenvalue weighted by molar-refractivity contribution is 5.75.